The van der Waals surface area contributed by atoms with Crippen LogP contribution in [0.5, 0.6) is 0 Å². The molecule has 0 aliphatic heterocycles. The van der Waals surface area contributed by atoms with Crippen molar-refractivity contribution >= 4 is 66.1 Å². The van der Waals surface area contributed by atoms with Crippen molar-refractivity contribution in [2.24, 2.45) is 0 Å². The van der Waals surface area contributed by atoms with Crippen molar-refractivity contribution in [3.8, 4) is 0 Å². The summed E-state index contributed by atoms with van der Waals surface area (Å²) >= 11 is 15.9. The molecule has 0 fully saturated rings. The van der Waals surface area contributed by atoms with Crippen LogP contribution in [0.1, 0.15) is 18.9 Å². The zero-order chi connectivity index (χ0) is 18.2. The molecule has 0 heterocycles. The smallest absolute Gasteiger partial charge is 0.329 e. The first-order valence-corrected chi connectivity index (χ1v) is 10.7. The Morgan fingerprint density at radius 1 is 1.42 bits per heavy atom. The van der Waals surface area contributed by atoms with Gasteiger partial charge in [-0.2, -0.15) is 12.6 Å². The molecule has 1 rings (SSSR count). The average Bonchev–Trinajstić information content (AvgIpc) is 2.51. The molecule has 0 aliphatic rings. The van der Waals surface area contributed by atoms with Crippen LogP contribution >= 0.6 is 43.2 Å². The molecule has 1 aromatic carbocycles. The molecule has 0 spiro atoms. The Bertz CT molecular complexity index is 629. The van der Waals surface area contributed by atoms with E-state index in [0.29, 0.717) is 36.0 Å². The molecule has 1 aromatic rings. The second-order valence-corrected chi connectivity index (χ2v) is 9.75. The first-order chi connectivity index (χ1) is 11.3. The molecule has 0 aliphatic carbocycles. The highest BCUT2D eigenvalue weighted by atomic mass is 35.5. The number of hydrogen-bond acceptors (Lipinski definition) is 5. The third-order valence-electron chi connectivity index (χ3n) is 2.71. The van der Waals surface area contributed by atoms with Crippen LogP contribution < -0.4 is 0 Å². The summed E-state index contributed by atoms with van der Waals surface area (Å²) in [4.78, 5) is 22.0. The Kier molecular flexibility index (Phi) is 9.82. The van der Waals surface area contributed by atoms with E-state index in [-0.39, 0.29) is 13.8 Å². The van der Waals surface area contributed by atoms with E-state index in [9.17, 15) is 14.7 Å². The van der Waals surface area contributed by atoms with E-state index in [2.05, 4.69) is 12.6 Å². The van der Waals surface area contributed by atoms with Crippen LogP contribution in [0.2, 0.25) is 10.0 Å². The molecule has 2 unspecified atom stereocenters. The summed E-state index contributed by atoms with van der Waals surface area (Å²) in [6, 6.07) is 5.28. The molecule has 10 heteroatoms. The SMILES string of the molecule is CCOS(OCCc1ccc(Cl)c(Cl)c1)=PC(S)(CC=O)C(=O)O. The fourth-order valence-electron chi connectivity index (χ4n) is 1.52. The lowest BCUT2D eigenvalue weighted by Gasteiger charge is -2.18. The summed E-state index contributed by atoms with van der Waals surface area (Å²) in [5, 5.41) is 10.2. The predicted molar refractivity (Wildman–Crippen MR) is 102 cm³/mol. The van der Waals surface area contributed by atoms with Crippen LogP contribution in [0.3, 0.4) is 0 Å². The molecule has 24 heavy (non-hydrogen) atoms. The number of aldehydes is 1. The molecule has 0 saturated heterocycles. The Hall–Kier alpha value is -0.140. The van der Waals surface area contributed by atoms with Crippen LogP contribution in [0.15, 0.2) is 18.2 Å². The normalized spacial score (nSPS) is 15.0. The quantitative estimate of drug-likeness (QED) is 0.330. The van der Waals surface area contributed by atoms with Gasteiger partial charge in [0.25, 0.3) is 0 Å². The van der Waals surface area contributed by atoms with Crippen molar-refractivity contribution in [3.63, 3.8) is 0 Å². The van der Waals surface area contributed by atoms with Crippen LogP contribution in [-0.4, -0.2) is 35.1 Å². The van der Waals surface area contributed by atoms with E-state index in [1.165, 1.54) is 0 Å². The zero-order valence-corrected chi connectivity index (χ0v) is 16.9. The van der Waals surface area contributed by atoms with Crippen molar-refractivity contribution in [1.82, 2.24) is 0 Å². The second kappa shape index (κ2) is 10.8. The number of thiol groups is 1. The van der Waals surface area contributed by atoms with E-state index < -0.39 is 21.1 Å². The van der Waals surface area contributed by atoms with Gasteiger partial charge in [-0.15, -0.1) is 0 Å². The lowest BCUT2D eigenvalue weighted by atomic mass is 10.2. The van der Waals surface area contributed by atoms with E-state index in [1.54, 1.807) is 19.1 Å². The Morgan fingerprint density at radius 2 is 2.12 bits per heavy atom. The first kappa shape index (κ1) is 21.9. The summed E-state index contributed by atoms with van der Waals surface area (Å²) in [6.07, 6.45) is 0.848. The lowest BCUT2D eigenvalue weighted by molar-refractivity contribution is -0.138. The minimum atomic E-state index is -1.54. The van der Waals surface area contributed by atoms with Crippen molar-refractivity contribution < 1.29 is 23.1 Å². The molecule has 0 bridgehead atoms. The summed E-state index contributed by atoms with van der Waals surface area (Å²) in [7, 11) is -0.825. The summed E-state index contributed by atoms with van der Waals surface area (Å²) in [5.41, 5.74) is 0.935. The highest BCUT2D eigenvalue weighted by Gasteiger charge is 2.34. The minimum absolute atomic E-state index is 0.236. The van der Waals surface area contributed by atoms with Gasteiger partial charge in [0.1, 0.15) is 16.9 Å². The Morgan fingerprint density at radius 3 is 2.67 bits per heavy atom. The van der Waals surface area contributed by atoms with Gasteiger partial charge in [-0.3, -0.25) is 8.37 Å². The zero-order valence-electron chi connectivity index (χ0n) is 12.8. The summed E-state index contributed by atoms with van der Waals surface area (Å²) in [6.45, 7) is 2.44. The maximum Gasteiger partial charge on any atom is 0.329 e. The van der Waals surface area contributed by atoms with E-state index in [4.69, 9.17) is 31.6 Å². The number of carbonyl (C=O) groups excluding carboxylic acids is 1. The number of hydrogen-bond donors (Lipinski definition) is 2. The van der Waals surface area contributed by atoms with Crippen molar-refractivity contribution in [3.05, 3.63) is 33.8 Å². The molecule has 0 amide bonds. The predicted octanol–water partition coefficient (Wildman–Crippen LogP) is 4.20. The van der Waals surface area contributed by atoms with Crippen molar-refractivity contribution in [1.29, 1.82) is 0 Å². The second-order valence-electron chi connectivity index (χ2n) is 4.53. The molecule has 0 saturated carbocycles. The first-order valence-electron chi connectivity index (χ1n) is 6.89. The summed E-state index contributed by atoms with van der Waals surface area (Å²) < 4.78 is 9.53. The van der Waals surface area contributed by atoms with Gasteiger partial charge in [0.15, 0.2) is 4.49 Å². The van der Waals surface area contributed by atoms with Gasteiger partial charge in [0.05, 0.1) is 23.3 Å². The molecule has 0 aromatic heterocycles. The molecular formula is C14H17Cl2O5PS2. The van der Waals surface area contributed by atoms with E-state index >= 15 is 0 Å². The number of benzene rings is 1. The van der Waals surface area contributed by atoms with Gasteiger partial charge in [0.2, 0.25) is 0 Å². The number of halogens is 2. The van der Waals surface area contributed by atoms with Gasteiger partial charge in [-0.1, -0.05) is 29.3 Å². The molecule has 2 atom stereocenters. The maximum atomic E-state index is 11.3. The Balaban J connectivity index is 2.77. The number of carbonyl (C=O) groups is 2. The average molecular weight is 431 g/mol. The highest BCUT2D eigenvalue weighted by molar-refractivity contribution is 8.18. The van der Waals surface area contributed by atoms with E-state index in [0.717, 1.165) is 5.56 Å². The number of carboxylic acid groups (broad SMARTS) is 1. The fraction of sp³-hybridized carbons (Fsp3) is 0.429. The molecule has 5 nitrogen and oxygen atoms in total. The minimum Gasteiger partial charge on any atom is -0.480 e. The maximum absolute atomic E-state index is 11.3. The lowest BCUT2D eigenvalue weighted by Crippen LogP contribution is -2.27. The van der Waals surface area contributed by atoms with Crippen molar-refractivity contribution in [2.75, 3.05) is 13.2 Å². The van der Waals surface area contributed by atoms with Crippen molar-refractivity contribution in [2.45, 2.75) is 24.3 Å². The third-order valence-corrected chi connectivity index (χ3v) is 8.18. The molecule has 1 N–H and O–H groups in total. The summed E-state index contributed by atoms with van der Waals surface area (Å²) in [5.74, 6) is -1.19. The number of aliphatic carboxylic acids is 1. The van der Waals surface area contributed by atoms with Gasteiger partial charge in [0, 0.05) is 13.8 Å². The van der Waals surface area contributed by atoms with Gasteiger partial charge >= 0.3 is 5.97 Å². The van der Waals surface area contributed by atoms with Crippen LogP contribution in [0, 0.1) is 0 Å². The standard InChI is InChI=1S/C14H17Cl2O5PS2/c1-2-20-24(22-14(23,6-7-17)13(18)19)21-8-5-10-3-4-11(15)12(16)9-10/h3-4,7,9,23H,2,5-6,8H2,1H3,(H,18,19). The van der Waals surface area contributed by atoms with Gasteiger partial charge in [-0.25, -0.2) is 4.79 Å². The molecule has 134 valence electrons. The largest absolute Gasteiger partial charge is 0.480 e. The highest BCUT2D eigenvalue weighted by Crippen LogP contribution is 2.35. The van der Waals surface area contributed by atoms with E-state index in [1.807, 2.05) is 6.07 Å². The van der Waals surface area contributed by atoms with Crippen LogP contribution in [-0.2, 0) is 35.0 Å². The number of rotatable bonds is 10. The topological polar surface area (TPSA) is 72.8 Å². The van der Waals surface area contributed by atoms with Gasteiger partial charge in [-0.05, 0) is 31.0 Å². The number of carboxylic acids is 1. The van der Waals surface area contributed by atoms with Crippen LogP contribution in [0.4, 0.5) is 0 Å². The monoisotopic (exact) mass is 430 g/mol. The fourth-order valence-corrected chi connectivity index (χ4v) is 5.64. The molecular weight excluding hydrogens is 414 g/mol. The third kappa shape index (κ3) is 7.00. The van der Waals surface area contributed by atoms with Crippen LogP contribution in [0.25, 0.3) is 0 Å². The van der Waals surface area contributed by atoms with Gasteiger partial charge < -0.3 is 9.90 Å². The Labute approximate surface area is 160 Å². The molecule has 0 radical (unpaired) electrons.